The van der Waals surface area contributed by atoms with Gasteiger partial charge >= 0.3 is 0 Å². The van der Waals surface area contributed by atoms with Crippen LogP contribution in [0.2, 0.25) is 0 Å². The second kappa shape index (κ2) is 6.46. The molecule has 2 rings (SSSR count). The van der Waals surface area contributed by atoms with Gasteiger partial charge < -0.3 is 0 Å². The first kappa shape index (κ1) is 15.1. The van der Waals surface area contributed by atoms with E-state index in [1.807, 2.05) is 6.07 Å². The van der Waals surface area contributed by atoms with Crippen molar-refractivity contribution in [1.29, 1.82) is 5.26 Å². The molecule has 2 aromatic rings. The molecular weight excluding hydrogens is 340 g/mol. The Morgan fingerprint density at radius 3 is 2.71 bits per heavy atom. The summed E-state index contributed by atoms with van der Waals surface area (Å²) in [6.07, 6.45) is 0. The second-order valence-corrected chi connectivity index (χ2v) is 5.08. The van der Waals surface area contributed by atoms with Crippen molar-refractivity contribution in [3.63, 3.8) is 0 Å². The molecule has 0 unspecified atom stereocenters. The molecule has 0 radical (unpaired) electrons. The molecule has 21 heavy (non-hydrogen) atoms. The Kier molecular flexibility index (Phi) is 4.66. The molecule has 2 aromatic carbocycles. The van der Waals surface area contributed by atoms with Crippen molar-refractivity contribution in [3.8, 4) is 6.07 Å². The van der Waals surface area contributed by atoms with Gasteiger partial charge in [-0.1, -0.05) is 6.07 Å². The number of nitrogens with one attached hydrogen (secondary N) is 1. The van der Waals surface area contributed by atoms with E-state index in [9.17, 15) is 8.78 Å². The molecule has 106 valence electrons. The molecule has 0 saturated carbocycles. The minimum Gasteiger partial charge on any atom is -0.278 e. The first-order valence-corrected chi connectivity index (χ1v) is 6.76. The van der Waals surface area contributed by atoms with Crippen LogP contribution in [0.25, 0.3) is 0 Å². The molecule has 6 heteroatoms. The third kappa shape index (κ3) is 3.44. The number of nitriles is 1. The highest BCUT2D eigenvalue weighted by atomic mass is 79.9. The lowest BCUT2D eigenvalue weighted by molar-refractivity contribution is 0.502. The Morgan fingerprint density at radius 1 is 1.24 bits per heavy atom. The van der Waals surface area contributed by atoms with E-state index in [0.29, 0.717) is 17.0 Å². The van der Waals surface area contributed by atoms with Gasteiger partial charge in [-0.3, -0.25) is 5.43 Å². The number of rotatable bonds is 3. The normalized spacial score (nSPS) is 11.1. The summed E-state index contributed by atoms with van der Waals surface area (Å²) in [7, 11) is 0. The fraction of sp³-hybridized carbons (Fsp3) is 0.0667. The summed E-state index contributed by atoms with van der Waals surface area (Å²) in [6.45, 7) is 1.56. The average molecular weight is 350 g/mol. The molecule has 0 aliphatic rings. The van der Waals surface area contributed by atoms with Crippen molar-refractivity contribution >= 4 is 27.3 Å². The number of nitrogens with zero attached hydrogens (tertiary/aromatic N) is 2. The molecule has 3 nitrogen and oxygen atoms in total. The highest BCUT2D eigenvalue weighted by Crippen LogP contribution is 2.21. The summed E-state index contributed by atoms with van der Waals surface area (Å²) >= 11 is 2.92. The standard InChI is InChI=1S/C15H10BrF2N3/c1-9(12-5-6-13(16)15(18)14(12)17)20-21-11-4-2-3-10(7-11)8-19/h2-7,21H,1H3/b20-9+. The Hall–Kier alpha value is -2.26. The van der Waals surface area contributed by atoms with E-state index in [1.54, 1.807) is 31.2 Å². The maximum absolute atomic E-state index is 13.8. The van der Waals surface area contributed by atoms with Crippen LogP contribution in [-0.4, -0.2) is 5.71 Å². The first-order valence-electron chi connectivity index (χ1n) is 5.97. The SMILES string of the molecule is C/C(=N\Nc1cccc(C#N)c1)c1ccc(Br)c(F)c1F. The van der Waals surface area contributed by atoms with Crippen molar-refractivity contribution in [2.75, 3.05) is 5.43 Å². The summed E-state index contributed by atoms with van der Waals surface area (Å²) in [5, 5.41) is 12.8. The van der Waals surface area contributed by atoms with Crippen LogP contribution in [0.1, 0.15) is 18.1 Å². The van der Waals surface area contributed by atoms with E-state index in [2.05, 4.69) is 26.5 Å². The monoisotopic (exact) mass is 349 g/mol. The summed E-state index contributed by atoms with van der Waals surface area (Å²) in [6, 6.07) is 11.5. The van der Waals surface area contributed by atoms with Gasteiger partial charge in [0.1, 0.15) is 0 Å². The van der Waals surface area contributed by atoms with Crippen LogP contribution in [0.3, 0.4) is 0 Å². The van der Waals surface area contributed by atoms with Crippen molar-refractivity contribution in [2.45, 2.75) is 6.92 Å². The molecule has 0 heterocycles. The molecule has 0 saturated heterocycles. The van der Waals surface area contributed by atoms with E-state index < -0.39 is 11.6 Å². The zero-order valence-electron chi connectivity index (χ0n) is 11.0. The third-order valence-electron chi connectivity index (χ3n) is 2.77. The van der Waals surface area contributed by atoms with E-state index in [1.165, 1.54) is 12.1 Å². The Morgan fingerprint density at radius 2 is 2.00 bits per heavy atom. The highest BCUT2D eigenvalue weighted by molar-refractivity contribution is 9.10. The Bertz CT molecular complexity index is 751. The number of hydrogen-bond acceptors (Lipinski definition) is 3. The topological polar surface area (TPSA) is 48.2 Å². The van der Waals surface area contributed by atoms with Crippen LogP contribution in [0.15, 0.2) is 46.0 Å². The predicted molar refractivity (Wildman–Crippen MR) is 81.0 cm³/mol. The van der Waals surface area contributed by atoms with Crippen molar-refractivity contribution in [1.82, 2.24) is 0 Å². The van der Waals surface area contributed by atoms with E-state index in [0.717, 1.165) is 0 Å². The second-order valence-electron chi connectivity index (χ2n) is 4.22. The van der Waals surface area contributed by atoms with E-state index in [4.69, 9.17) is 5.26 Å². The van der Waals surface area contributed by atoms with Gasteiger partial charge in [0.05, 0.1) is 27.5 Å². The Labute approximate surface area is 129 Å². The quantitative estimate of drug-likeness (QED) is 0.506. The van der Waals surface area contributed by atoms with Crippen LogP contribution in [0.5, 0.6) is 0 Å². The predicted octanol–water partition coefficient (Wildman–Crippen LogP) is 4.44. The maximum atomic E-state index is 13.8. The van der Waals surface area contributed by atoms with Crippen molar-refractivity contribution in [2.24, 2.45) is 5.10 Å². The molecule has 0 atom stereocenters. The maximum Gasteiger partial charge on any atom is 0.173 e. The molecular formula is C15H10BrF2N3. The average Bonchev–Trinajstić information content (AvgIpc) is 2.50. The number of halogens is 3. The van der Waals surface area contributed by atoms with Crippen molar-refractivity contribution in [3.05, 3.63) is 63.6 Å². The molecule has 0 aromatic heterocycles. The van der Waals surface area contributed by atoms with Crippen LogP contribution in [0.4, 0.5) is 14.5 Å². The Balaban J connectivity index is 2.26. The number of benzene rings is 2. The third-order valence-corrected chi connectivity index (χ3v) is 3.38. The fourth-order valence-electron chi connectivity index (χ4n) is 1.67. The smallest absolute Gasteiger partial charge is 0.173 e. The fourth-order valence-corrected chi connectivity index (χ4v) is 1.98. The molecule has 0 amide bonds. The van der Waals surface area contributed by atoms with Gasteiger partial charge in [-0.05, 0) is 53.2 Å². The number of hydrogen-bond donors (Lipinski definition) is 1. The lowest BCUT2D eigenvalue weighted by Gasteiger charge is -2.06. The first-order chi connectivity index (χ1) is 10.0. The molecule has 0 fully saturated rings. The minimum absolute atomic E-state index is 0.0613. The van der Waals surface area contributed by atoms with Gasteiger partial charge in [0.25, 0.3) is 0 Å². The number of anilines is 1. The molecule has 0 bridgehead atoms. The van der Waals surface area contributed by atoms with Gasteiger partial charge in [-0.15, -0.1) is 0 Å². The molecule has 1 N–H and O–H groups in total. The van der Waals surface area contributed by atoms with Gasteiger partial charge in [0, 0.05) is 5.56 Å². The molecule has 0 aliphatic heterocycles. The van der Waals surface area contributed by atoms with Gasteiger partial charge in [0.2, 0.25) is 0 Å². The van der Waals surface area contributed by atoms with Crippen LogP contribution in [0, 0.1) is 23.0 Å². The summed E-state index contributed by atoms with van der Waals surface area (Å²) in [5.41, 5.74) is 4.15. The minimum atomic E-state index is -0.960. The van der Waals surface area contributed by atoms with Crippen LogP contribution < -0.4 is 5.43 Å². The van der Waals surface area contributed by atoms with Gasteiger partial charge in [-0.2, -0.15) is 10.4 Å². The summed E-state index contributed by atoms with van der Waals surface area (Å²) < 4.78 is 27.3. The molecule has 0 aliphatic carbocycles. The van der Waals surface area contributed by atoms with Gasteiger partial charge in [0.15, 0.2) is 11.6 Å². The largest absolute Gasteiger partial charge is 0.278 e. The number of hydrazone groups is 1. The lowest BCUT2D eigenvalue weighted by atomic mass is 10.1. The molecule has 0 spiro atoms. The van der Waals surface area contributed by atoms with E-state index >= 15 is 0 Å². The van der Waals surface area contributed by atoms with Crippen LogP contribution in [-0.2, 0) is 0 Å². The van der Waals surface area contributed by atoms with E-state index in [-0.39, 0.29) is 10.0 Å². The van der Waals surface area contributed by atoms with Gasteiger partial charge in [-0.25, -0.2) is 8.78 Å². The van der Waals surface area contributed by atoms with Crippen molar-refractivity contribution < 1.29 is 8.78 Å². The lowest BCUT2D eigenvalue weighted by Crippen LogP contribution is -2.04. The van der Waals surface area contributed by atoms with Crippen LogP contribution >= 0.6 is 15.9 Å². The zero-order chi connectivity index (χ0) is 15.4. The zero-order valence-corrected chi connectivity index (χ0v) is 12.6. The summed E-state index contributed by atoms with van der Waals surface area (Å²) in [4.78, 5) is 0. The highest BCUT2D eigenvalue weighted by Gasteiger charge is 2.13. The summed E-state index contributed by atoms with van der Waals surface area (Å²) in [5.74, 6) is -1.91.